The third kappa shape index (κ3) is 1.34. The Morgan fingerprint density at radius 1 is 1.12 bits per heavy atom. The number of hydrogen-bond acceptors (Lipinski definition) is 3. The van der Waals surface area contributed by atoms with Gasteiger partial charge in [0.15, 0.2) is 5.78 Å². The van der Waals surface area contributed by atoms with E-state index in [0.717, 1.165) is 4.90 Å². The van der Waals surface area contributed by atoms with Crippen LogP contribution in [0.25, 0.3) is 0 Å². The fraction of sp³-hybridized carbons (Fsp3) is 0.250. The topological polar surface area (TPSA) is 54.5 Å². The standard InChI is InChI=1S/C12H11NO3/c1-7(8(2)14)13-11(15)9-5-3-4-6-10(9)12(13)16/h3-7H,1-2H3. The number of benzene rings is 1. The minimum absolute atomic E-state index is 0.200. The molecule has 1 heterocycles. The van der Waals surface area contributed by atoms with Crippen LogP contribution in [-0.4, -0.2) is 28.5 Å². The van der Waals surface area contributed by atoms with Gasteiger partial charge in [0.1, 0.15) is 0 Å². The maximum absolute atomic E-state index is 11.9. The Morgan fingerprint density at radius 3 is 1.94 bits per heavy atom. The van der Waals surface area contributed by atoms with Gasteiger partial charge in [-0.25, -0.2) is 0 Å². The van der Waals surface area contributed by atoms with Gasteiger partial charge in [-0.2, -0.15) is 0 Å². The third-order valence-corrected chi connectivity index (χ3v) is 2.80. The lowest BCUT2D eigenvalue weighted by molar-refractivity contribution is -0.120. The van der Waals surface area contributed by atoms with E-state index in [4.69, 9.17) is 0 Å². The van der Waals surface area contributed by atoms with E-state index in [0.29, 0.717) is 11.1 Å². The summed E-state index contributed by atoms with van der Waals surface area (Å²) >= 11 is 0. The van der Waals surface area contributed by atoms with Crippen LogP contribution >= 0.6 is 0 Å². The Hall–Kier alpha value is -1.97. The van der Waals surface area contributed by atoms with Crippen LogP contribution in [0.5, 0.6) is 0 Å². The molecule has 0 fully saturated rings. The zero-order valence-electron chi connectivity index (χ0n) is 9.06. The van der Waals surface area contributed by atoms with Crippen molar-refractivity contribution < 1.29 is 14.4 Å². The van der Waals surface area contributed by atoms with Gasteiger partial charge in [0.05, 0.1) is 17.2 Å². The number of nitrogens with zero attached hydrogens (tertiary/aromatic N) is 1. The first-order valence-electron chi connectivity index (χ1n) is 5.01. The second kappa shape index (κ2) is 3.56. The Kier molecular flexibility index (Phi) is 2.34. The summed E-state index contributed by atoms with van der Waals surface area (Å²) < 4.78 is 0. The van der Waals surface area contributed by atoms with Gasteiger partial charge in [-0.3, -0.25) is 19.3 Å². The zero-order chi connectivity index (χ0) is 11.9. The minimum atomic E-state index is -0.701. The summed E-state index contributed by atoms with van der Waals surface area (Å²) in [7, 11) is 0. The molecule has 0 aliphatic carbocycles. The maximum atomic E-state index is 11.9. The highest BCUT2D eigenvalue weighted by molar-refractivity contribution is 6.22. The number of amides is 2. The number of hydrogen-bond donors (Lipinski definition) is 0. The van der Waals surface area contributed by atoms with Crippen LogP contribution < -0.4 is 0 Å². The number of imide groups is 1. The molecule has 1 unspecified atom stereocenters. The summed E-state index contributed by atoms with van der Waals surface area (Å²) in [5.41, 5.74) is 0.751. The molecule has 1 aromatic carbocycles. The molecule has 2 amide bonds. The van der Waals surface area contributed by atoms with Gasteiger partial charge in [-0.05, 0) is 26.0 Å². The van der Waals surface area contributed by atoms with Crippen molar-refractivity contribution in [3.63, 3.8) is 0 Å². The molecule has 1 aliphatic rings. The van der Waals surface area contributed by atoms with Gasteiger partial charge < -0.3 is 0 Å². The van der Waals surface area contributed by atoms with E-state index < -0.39 is 6.04 Å². The largest absolute Gasteiger partial charge is 0.298 e. The van der Waals surface area contributed by atoms with Crippen LogP contribution in [0, 0.1) is 0 Å². The molecule has 0 N–H and O–H groups in total. The van der Waals surface area contributed by atoms with Crippen molar-refractivity contribution in [1.82, 2.24) is 4.90 Å². The van der Waals surface area contributed by atoms with Crippen molar-refractivity contribution in [1.29, 1.82) is 0 Å². The van der Waals surface area contributed by atoms with Crippen molar-refractivity contribution >= 4 is 17.6 Å². The van der Waals surface area contributed by atoms with Gasteiger partial charge in [0, 0.05) is 0 Å². The van der Waals surface area contributed by atoms with Gasteiger partial charge in [-0.1, -0.05) is 12.1 Å². The molecule has 0 radical (unpaired) electrons. The highest BCUT2D eigenvalue weighted by Crippen LogP contribution is 2.24. The van der Waals surface area contributed by atoms with E-state index in [2.05, 4.69) is 0 Å². The second-order valence-electron chi connectivity index (χ2n) is 3.81. The number of fused-ring (bicyclic) bond motifs is 1. The molecule has 0 aromatic heterocycles. The smallest absolute Gasteiger partial charge is 0.262 e. The quantitative estimate of drug-likeness (QED) is 0.701. The molecule has 1 atom stereocenters. The SMILES string of the molecule is CC(=O)C(C)N1C(=O)c2ccccc2C1=O. The molecular formula is C12H11NO3. The summed E-state index contributed by atoms with van der Waals surface area (Å²) in [6, 6.07) is 5.90. The summed E-state index contributed by atoms with van der Waals surface area (Å²) in [5, 5.41) is 0. The zero-order valence-corrected chi connectivity index (χ0v) is 9.06. The van der Waals surface area contributed by atoms with E-state index in [1.54, 1.807) is 31.2 Å². The molecule has 1 aliphatic heterocycles. The third-order valence-electron chi connectivity index (χ3n) is 2.80. The Morgan fingerprint density at radius 2 is 1.56 bits per heavy atom. The Labute approximate surface area is 92.9 Å². The number of carbonyl (C=O) groups is 3. The maximum Gasteiger partial charge on any atom is 0.262 e. The molecule has 0 spiro atoms. The lowest BCUT2D eigenvalue weighted by Crippen LogP contribution is -2.41. The van der Waals surface area contributed by atoms with E-state index in [1.165, 1.54) is 6.92 Å². The number of rotatable bonds is 2. The van der Waals surface area contributed by atoms with Crippen LogP contribution in [0.15, 0.2) is 24.3 Å². The summed E-state index contributed by atoms with van der Waals surface area (Å²) in [6.07, 6.45) is 0. The molecular weight excluding hydrogens is 206 g/mol. The van der Waals surface area contributed by atoms with Gasteiger partial charge in [-0.15, -0.1) is 0 Å². The van der Waals surface area contributed by atoms with Crippen LogP contribution in [0.2, 0.25) is 0 Å². The molecule has 4 nitrogen and oxygen atoms in total. The minimum Gasteiger partial charge on any atom is -0.298 e. The predicted molar refractivity (Wildman–Crippen MR) is 57.1 cm³/mol. The van der Waals surface area contributed by atoms with Crippen LogP contribution in [-0.2, 0) is 4.79 Å². The van der Waals surface area contributed by atoms with Crippen LogP contribution in [0.4, 0.5) is 0 Å². The number of Topliss-reactive ketones (excluding diaryl/α,β-unsaturated/α-hetero) is 1. The summed E-state index contributed by atoms with van der Waals surface area (Å²) in [6.45, 7) is 2.93. The second-order valence-corrected chi connectivity index (χ2v) is 3.81. The molecule has 0 saturated heterocycles. The van der Waals surface area contributed by atoms with E-state index in [-0.39, 0.29) is 17.6 Å². The molecule has 4 heteroatoms. The number of carbonyl (C=O) groups excluding carboxylic acids is 3. The molecule has 0 saturated carbocycles. The Bertz CT molecular complexity index is 458. The summed E-state index contributed by atoms with van der Waals surface area (Å²) in [5.74, 6) is -0.971. The first-order chi connectivity index (χ1) is 7.54. The lowest BCUT2D eigenvalue weighted by atomic mass is 10.1. The summed E-state index contributed by atoms with van der Waals surface area (Å²) in [4.78, 5) is 36.1. The van der Waals surface area contributed by atoms with E-state index in [9.17, 15) is 14.4 Å². The van der Waals surface area contributed by atoms with Crippen LogP contribution in [0.3, 0.4) is 0 Å². The van der Waals surface area contributed by atoms with E-state index >= 15 is 0 Å². The van der Waals surface area contributed by atoms with E-state index in [1.807, 2.05) is 0 Å². The van der Waals surface area contributed by atoms with Crippen molar-refractivity contribution in [3.05, 3.63) is 35.4 Å². The van der Waals surface area contributed by atoms with Crippen molar-refractivity contribution in [2.75, 3.05) is 0 Å². The van der Waals surface area contributed by atoms with Gasteiger partial charge in [0.2, 0.25) is 0 Å². The first-order valence-corrected chi connectivity index (χ1v) is 5.01. The molecule has 0 bridgehead atoms. The lowest BCUT2D eigenvalue weighted by Gasteiger charge is -2.19. The highest BCUT2D eigenvalue weighted by Gasteiger charge is 2.39. The van der Waals surface area contributed by atoms with Crippen molar-refractivity contribution in [2.45, 2.75) is 19.9 Å². The average molecular weight is 217 g/mol. The average Bonchev–Trinajstić information content (AvgIpc) is 2.52. The fourth-order valence-electron chi connectivity index (χ4n) is 1.74. The molecule has 2 rings (SSSR count). The Balaban J connectivity index is 2.46. The predicted octanol–water partition coefficient (Wildman–Crippen LogP) is 1.26. The van der Waals surface area contributed by atoms with Gasteiger partial charge in [0.25, 0.3) is 11.8 Å². The normalized spacial score (nSPS) is 16.2. The monoisotopic (exact) mass is 217 g/mol. The molecule has 82 valence electrons. The highest BCUT2D eigenvalue weighted by atomic mass is 16.2. The van der Waals surface area contributed by atoms with Crippen molar-refractivity contribution in [3.8, 4) is 0 Å². The molecule has 16 heavy (non-hydrogen) atoms. The number of ketones is 1. The van der Waals surface area contributed by atoms with Gasteiger partial charge >= 0.3 is 0 Å². The van der Waals surface area contributed by atoms with Crippen molar-refractivity contribution in [2.24, 2.45) is 0 Å². The first kappa shape index (κ1) is 10.5. The van der Waals surface area contributed by atoms with Crippen LogP contribution in [0.1, 0.15) is 34.6 Å². The molecule has 1 aromatic rings. The fourth-order valence-corrected chi connectivity index (χ4v) is 1.74.